The summed E-state index contributed by atoms with van der Waals surface area (Å²) in [6.45, 7) is 6.64. The van der Waals surface area contributed by atoms with Crippen LogP contribution in [0.1, 0.15) is 39.5 Å². The lowest BCUT2D eigenvalue weighted by molar-refractivity contribution is -0.0143. The summed E-state index contributed by atoms with van der Waals surface area (Å²) in [5, 5.41) is 3.53. The van der Waals surface area contributed by atoms with E-state index in [0.717, 1.165) is 25.3 Å². The van der Waals surface area contributed by atoms with E-state index in [9.17, 15) is 0 Å². The highest BCUT2D eigenvalue weighted by Gasteiger charge is 2.38. The summed E-state index contributed by atoms with van der Waals surface area (Å²) >= 11 is 1.77. The zero-order valence-corrected chi connectivity index (χ0v) is 13.8. The number of hydrogen-bond acceptors (Lipinski definition) is 3. The van der Waals surface area contributed by atoms with Crippen LogP contribution in [0.4, 0.5) is 0 Å². The van der Waals surface area contributed by atoms with Gasteiger partial charge in [-0.05, 0) is 75.2 Å². The van der Waals surface area contributed by atoms with Crippen LogP contribution in [0.25, 0.3) is 0 Å². The van der Waals surface area contributed by atoms with Gasteiger partial charge in [0, 0.05) is 4.90 Å². The minimum absolute atomic E-state index is 0.0881. The van der Waals surface area contributed by atoms with Crippen LogP contribution in [0.2, 0.25) is 0 Å². The van der Waals surface area contributed by atoms with Crippen LogP contribution >= 0.6 is 11.8 Å². The van der Waals surface area contributed by atoms with Gasteiger partial charge in [-0.1, -0.05) is 13.8 Å². The number of hydrogen-bond donors (Lipinski definition) is 1. The molecule has 0 spiro atoms. The Morgan fingerprint density at radius 1 is 1.25 bits per heavy atom. The molecule has 0 saturated heterocycles. The Labute approximate surface area is 127 Å². The van der Waals surface area contributed by atoms with Crippen molar-refractivity contribution in [3.05, 3.63) is 24.3 Å². The fraction of sp³-hybridized carbons (Fsp3) is 0.647. The zero-order chi connectivity index (χ0) is 14.4. The molecule has 0 radical (unpaired) electrons. The van der Waals surface area contributed by atoms with Crippen molar-refractivity contribution in [3.8, 4) is 5.75 Å². The summed E-state index contributed by atoms with van der Waals surface area (Å²) in [5.41, 5.74) is 0.0881. The molecule has 1 aromatic carbocycles. The molecule has 0 heterocycles. The van der Waals surface area contributed by atoms with Crippen LogP contribution < -0.4 is 10.1 Å². The number of nitrogens with one attached hydrogen (secondary N) is 1. The van der Waals surface area contributed by atoms with Gasteiger partial charge in [-0.2, -0.15) is 0 Å². The molecule has 1 saturated carbocycles. The molecule has 2 nitrogen and oxygen atoms in total. The third-order valence-corrected chi connectivity index (χ3v) is 4.71. The normalized spacial score (nSPS) is 17.0. The average molecular weight is 293 g/mol. The third-order valence-electron chi connectivity index (χ3n) is 3.97. The number of ether oxygens (including phenoxy) is 1. The van der Waals surface area contributed by atoms with Crippen LogP contribution in [0.15, 0.2) is 29.2 Å². The molecule has 0 bridgehead atoms. The molecule has 2 rings (SSSR count). The monoisotopic (exact) mass is 293 g/mol. The smallest absolute Gasteiger partial charge is 0.120 e. The maximum Gasteiger partial charge on any atom is 0.120 e. The van der Waals surface area contributed by atoms with Gasteiger partial charge in [-0.3, -0.25) is 0 Å². The maximum atomic E-state index is 6.30. The van der Waals surface area contributed by atoms with Crippen LogP contribution in [0, 0.1) is 5.92 Å². The van der Waals surface area contributed by atoms with Gasteiger partial charge >= 0.3 is 0 Å². The first kappa shape index (κ1) is 15.7. The Bertz CT molecular complexity index is 398. The van der Waals surface area contributed by atoms with Gasteiger partial charge in [-0.25, -0.2) is 0 Å². The lowest BCUT2D eigenvalue weighted by Gasteiger charge is -2.42. The average Bonchev–Trinajstić information content (AvgIpc) is 2.41. The van der Waals surface area contributed by atoms with E-state index in [2.05, 4.69) is 49.7 Å². The van der Waals surface area contributed by atoms with Gasteiger partial charge < -0.3 is 10.1 Å². The molecule has 3 heteroatoms. The summed E-state index contributed by atoms with van der Waals surface area (Å²) < 4.78 is 6.30. The molecule has 1 aliphatic rings. The second kappa shape index (κ2) is 7.37. The molecule has 1 aliphatic carbocycles. The van der Waals surface area contributed by atoms with Crippen LogP contribution in [0.5, 0.6) is 5.75 Å². The Balaban J connectivity index is 1.83. The van der Waals surface area contributed by atoms with Crippen molar-refractivity contribution in [1.29, 1.82) is 0 Å². The molecule has 0 amide bonds. The van der Waals surface area contributed by atoms with E-state index in [1.54, 1.807) is 11.8 Å². The molecule has 112 valence electrons. The van der Waals surface area contributed by atoms with E-state index in [1.165, 1.54) is 24.2 Å². The van der Waals surface area contributed by atoms with E-state index < -0.39 is 0 Å². The molecule has 1 fully saturated rings. The Hall–Kier alpha value is -0.670. The van der Waals surface area contributed by atoms with Gasteiger partial charge in [0.1, 0.15) is 11.4 Å². The number of benzene rings is 1. The van der Waals surface area contributed by atoms with Crippen LogP contribution in [-0.2, 0) is 0 Å². The van der Waals surface area contributed by atoms with Gasteiger partial charge in [0.15, 0.2) is 0 Å². The minimum Gasteiger partial charge on any atom is -0.487 e. The van der Waals surface area contributed by atoms with Crippen molar-refractivity contribution in [2.24, 2.45) is 5.92 Å². The first-order chi connectivity index (χ1) is 9.63. The summed E-state index contributed by atoms with van der Waals surface area (Å²) in [4.78, 5) is 1.29. The highest BCUT2D eigenvalue weighted by atomic mass is 32.2. The maximum absolute atomic E-state index is 6.30. The van der Waals surface area contributed by atoms with E-state index in [1.807, 2.05) is 0 Å². The highest BCUT2D eigenvalue weighted by Crippen LogP contribution is 2.39. The summed E-state index contributed by atoms with van der Waals surface area (Å²) in [5.74, 6) is 1.73. The van der Waals surface area contributed by atoms with Gasteiger partial charge in [-0.15, -0.1) is 11.8 Å². The molecule has 0 unspecified atom stereocenters. The topological polar surface area (TPSA) is 21.3 Å². The minimum atomic E-state index is 0.0881. The van der Waals surface area contributed by atoms with Crippen LogP contribution in [-0.4, -0.2) is 24.9 Å². The lowest BCUT2D eigenvalue weighted by atomic mass is 9.77. The molecule has 1 aromatic rings. The zero-order valence-electron chi connectivity index (χ0n) is 12.9. The van der Waals surface area contributed by atoms with E-state index in [0.29, 0.717) is 5.92 Å². The molecular weight excluding hydrogens is 266 g/mol. The largest absolute Gasteiger partial charge is 0.487 e. The van der Waals surface area contributed by atoms with Crippen molar-refractivity contribution in [1.82, 2.24) is 5.32 Å². The highest BCUT2D eigenvalue weighted by molar-refractivity contribution is 7.98. The van der Waals surface area contributed by atoms with Crippen molar-refractivity contribution in [3.63, 3.8) is 0 Å². The Morgan fingerprint density at radius 2 is 1.95 bits per heavy atom. The predicted molar refractivity (Wildman–Crippen MR) is 87.8 cm³/mol. The first-order valence-electron chi connectivity index (χ1n) is 7.67. The second-order valence-electron chi connectivity index (χ2n) is 6.16. The molecule has 0 atom stereocenters. The van der Waals surface area contributed by atoms with Gasteiger partial charge in [0.2, 0.25) is 0 Å². The second-order valence-corrected chi connectivity index (χ2v) is 7.04. The van der Waals surface area contributed by atoms with Crippen LogP contribution in [0.3, 0.4) is 0 Å². The van der Waals surface area contributed by atoms with E-state index >= 15 is 0 Å². The first-order valence-corrected chi connectivity index (χ1v) is 8.90. The predicted octanol–water partition coefficient (Wildman–Crippen LogP) is 4.35. The van der Waals surface area contributed by atoms with Crippen molar-refractivity contribution in [2.75, 3.05) is 19.3 Å². The fourth-order valence-corrected chi connectivity index (χ4v) is 2.98. The number of rotatable bonds is 8. The fourth-order valence-electron chi connectivity index (χ4n) is 2.57. The molecule has 0 aromatic heterocycles. The van der Waals surface area contributed by atoms with E-state index in [-0.39, 0.29) is 5.60 Å². The molecule has 1 N–H and O–H groups in total. The van der Waals surface area contributed by atoms with Crippen molar-refractivity contribution in [2.45, 2.75) is 50.0 Å². The summed E-state index contributed by atoms with van der Waals surface area (Å²) in [6, 6.07) is 8.49. The molecule has 0 aliphatic heterocycles. The summed E-state index contributed by atoms with van der Waals surface area (Å²) in [6.07, 6.45) is 6.90. The van der Waals surface area contributed by atoms with Crippen molar-refractivity contribution < 1.29 is 4.74 Å². The number of thioether (sulfide) groups is 1. The third kappa shape index (κ3) is 4.42. The standard InChI is InChI=1S/C17H27NOS/c1-14(2)13-18-12-11-17(9-4-10-17)19-15-5-7-16(20-3)8-6-15/h5-8,14,18H,4,9-13H2,1-3H3. The molecule has 20 heavy (non-hydrogen) atoms. The SMILES string of the molecule is CSc1ccc(OC2(CCNCC(C)C)CCC2)cc1. The van der Waals surface area contributed by atoms with Gasteiger partial charge in [0.05, 0.1) is 0 Å². The quantitative estimate of drug-likeness (QED) is 0.569. The van der Waals surface area contributed by atoms with Gasteiger partial charge in [0.25, 0.3) is 0 Å². The Kier molecular flexibility index (Phi) is 5.79. The molecular formula is C17H27NOS. The summed E-state index contributed by atoms with van der Waals surface area (Å²) in [7, 11) is 0. The lowest BCUT2D eigenvalue weighted by Crippen LogP contribution is -2.45. The Morgan fingerprint density at radius 3 is 2.45 bits per heavy atom. The van der Waals surface area contributed by atoms with Crippen molar-refractivity contribution >= 4 is 11.8 Å². The van der Waals surface area contributed by atoms with E-state index in [4.69, 9.17) is 4.74 Å².